The van der Waals surface area contributed by atoms with Crippen LogP contribution in [0.3, 0.4) is 0 Å². The molecule has 3 heterocycles. The number of halogens is 2. The number of nitrogens with one attached hydrogen (secondary N) is 2. The lowest BCUT2D eigenvalue weighted by Crippen LogP contribution is -2.23. The van der Waals surface area contributed by atoms with Gasteiger partial charge in [-0.15, -0.1) is 0 Å². The number of rotatable bonds is 4. The molecule has 0 saturated carbocycles. The van der Waals surface area contributed by atoms with Crippen LogP contribution in [0.2, 0.25) is 0 Å². The van der Waals surface area contributed by atoms with E-state index in [2.05, 4.69) is 15.5 Å². The van der Waals surface area contributed by atoms with Crippen molar-refractivity contribution < 1.29 is 18.3 Å². The average Bonchev–Trinajstić information content (AvgIpc) is 3.46. The molecule has 2 aliphatic heterocycles. The lowest BCUT2D eigenvalue weighted by molar-refractivity contribution is -0.113. The second-order valence-electron chi connectivity index (χ2n) is 7.12. The molecule has 146 valence electrons. The van der Waals surface area contributed by atoms with Crippen LogP contribution >= 0.6 is 0 Å². The SMILES string of the molecule is O=C(Nc1ccc(-c2ccccc2F)c(F)c1)C1=C(c2ccn[nH]2)[C@@H]2CC[C@H]1O2. The van der Waals surface area contributed by atoms with Gasteiger partial charge in [0.2, 0.25) is 0 Å². The van der Waals surface area contributed by atoms with Gasteiger partial charge in [0, 0.05) is 28.6 Å². The maximum Gasteiger partial charge on any atom is 0.254 e. The van der Waals surface area contributed by atoms with Crippen molar-refractivity contribution in [2.75, 3.05) is 5.32 Å². The molecule has 0 radical (unpaired) electrons. The molecule has 2 atom stereocenters. The van der Waals surface area contributed by atoms with E-state index in [1.54, 1.807) is 30.5 Å². The number of hydrogen-bond donors (Lipinski definition) is 2. The van der Waals surface area contributed by atoms with Crippen LogP contribution in [0, 0.1) is 11.6 Å². The van der Waals surface area contributed by atoms with E-state index in [1.807, 2.05) is 0 Å². The highest BCUT2D eigenvalue weighted by atomic mass is 19.1. The molecule has 2 bridgehead atoms. The van der Waals surface area contributed by atoms with Gasteiger partial charge in [-0.2, -0.15) is 5.10 Å². The molecule has 2 aromatic carbocycles. The Morgan fingerprint density at radius 2 is 1.83 bits per heavy atom. The summed E-state index contributed by atoms with van der Waals surface area (Å²) in [5.41, 5.74) is 2.72. The van der Waals surface area contributed by atoms with Crippen molar-refractivity contribution in [2.24, 2.45) is 0 Å². The molecule has 1 saturated heterocycles. The van der Waals surface area contributed by atoms with Crippen molar-refractivity contribution in [3.63, 3.8) is 0 Å². The van der Waals surface area contributed by atoms with E-state index in [-0.39, 0.29) is 29.2 Å². The van der Waals surface area contributed by atoms with E-state index in [4.69, 9.17) is 4.74 Å². The number of amides is 1. The summed E-state index contributed by atoms with van der Waals surface area (Å²) in [5.74, 6) is -1.45. The van der Waals surface area contributed by atoms with E-state index in [0.29, 0.717) is 11.3 Å². The predicted molar refractivity (Wildman–Crippen MR) is 104 cm³/mol. The minimum Gasteiger partial charge on any atom is -0.365 e. The Morgan fingerprint density at radius 1 is 1.03 bits per heavy atom. The molecule has 2 aliphatic rings. The Bertz CT molecular complexity index is 1120. The number of carbonyl (C=O) groups is 1. The van der Waals surface area contributed by atoms with Gasteiger partial charge in [-0.25, -0.2) is 8.78 Å². The average molecular weight is 393 g/mol. The lowest BCUT2D eigenvalue weighted by Gasteiger charge is -2.16. The molecule has 7 heteroatoms. The van der Waals surface area contributed by atoms with E-state index in [1.165, 1.54) is 24.3 Å². The summed E-state index contributed by atoms with van der Waals surface area (Å²) in [4.78, 5) is 13.0. The van der Waals surface area contributed by atoms with Crippen LogP contribution in [-0.4, -0.2) is 28.3 Å². The fraction of sp³-hybridized carbons (Fsp3) is 0.182. The molecule has 2 N–H and O–H groups in total. The van der Waals surface area contributed by atoms with Gasteiger partial charge in [0.1, 0.15) is 11.6 Å². The largest absolute Gasteiger partial charge is 0.365 e. The molecule has 0 aliphatic carbocycles. The topological polar surface area (TPSA) is 67.0 Å². The highest BCUT2D eigenvalue weighted by molar-refractivity contribution is 6.11. The number of benzene rings is 2. The first-order valence-electron chi connectivity index (χ1n) is 9.37. The van der Waals surface area contributed by atoms with Crippen molar-refractivity contribution in [1.82, 2.24) is 10.2 Å². The van der Waals surface area contributed by atoms with Crippen LogP contribution in [0.4, 0.5) is 14.5 Å². The monoisotopic (exact) mass is 393 g/mol. The standard InChI is InChI=1S/C22H17F2N3O2/c23-15-4-2-1-3-13(15)14-6-5-12(11-16(14)24)26-22(28)21-19-8-7-18(29-19)20(21)17-9-10-25-27-17/h1-6,9-11,18-19H,7-8H2,(H,25,27)(H,26,28)/t18-,19+/m0/s1. The molecule has 5 nitrogen and oxygen atoms in total. The van der Waals surface area contributed by atoms with E-state index < -0.39 is 11.6 Å². The van der Waals surface area contributed by atoms with Gasteiger partial charge in [-0.05, 0) is 43.2 Å². The molecule has 0 spiro atoms. The van der Waals surface area contributed by atoms with Crippen LogP contribution in [0.5, 0.6) is 0 Å². The molecule has 3 aromatic rings. The Kier molecular flexibility index (Phi) is 4.24. The quantitative estimate of drug-likeness (QED) is 0.694. The van der Waals surface area contributed by atoms with Crippen molar-refractivity contribution in [3.8, 4) is 11.1 Å². The first-order chi connectivity index (χ1) is 14.1. The highest BCUT2D eigenvalue weighted by Gasteiger charge is 2.44. The number of aromatic amines is 1. The number of nitrogens with zero attached hydrogens (tertiary/aromatic N) is 1. The van der Waals surface area contributed by atoms with Gasteiger partial charge in [-0.3, -0.25) is 9.89 Å². The van der Waals surface area contributed by atoms with Crippen molar-refractivity contribution in [3.05, 3.63) is 77.6 Å². The predicted octanol–water partition coefficient (Wildman–Crippen LogP) is 4.31. The molecule has 29 heavy (non-hydrogen) atoms. The summed E-state index contributed by atoms with van der Waals surface area (Å²) >= 11 is 0. The van der Waals surface area contributed by atoms with Gasteiger partial charge in [-0.1, -0.05) is 18.2 Å². The molecule has 0 unspecified atom stereocenters. The van der Waals surface area contributed by atoms with Gasteiger partial charge in [0.05, 0.1) is 23.5 Å². The van der Waals surface area contributed by atoms with Crippen LogP contribution in [0.15, 0.2) is 60.3 Å². The lowest BCUT2D eigenvalue weighted by atomic mass is 9.89. The van der Waals surface area contributed by atoms with Crippen LogP contribution in [-0.2, 0) is 9.53 Å². The van der Waals surface area contributed by atoms with Crippen molar-refractivity contribution >= 4 is 17.2 Å². The summed E-state index contributed by atoms with van der Waals surface area (Å²) in [6.07, 6.45) is 2.83. The molecule has 1 fully saturated rings. The third-order valence-corrected chi connectivity index (χ3v) is 5.38. The first kappa shape index (κ1) is 17.8. The Hall–Kier alpha value is -3.32. The Morgan fingerprint density at radius 3 is 2.59 bits per heavy atom. The molecule has 5 rings (SSSR count). The Balaban J connectivity index is 1.44. The summed E-state index contributed by atoms with van der Waals surface area (Å²) in [6, 6.07) is 12.0. The summed E-state index contributed by atoms with van der Waals surface area (Å²) < 4.78 is 34.5. The molecular weight excluding hydrogens is 376 g/mol. The van der Waals surface area contributed by atoms with Crippen LogP contribution in [0.25, 0.3) is 16.7 Å². The van der Waals surface area contributed by atoms with Crippen LogP contribution < -0.4 is 5.32 Å². The van der Waals surface area contributed by atoms with Crippen LogP contribution in [0.1, 0.15) is 18.5 Å². The van der Waals surface area contributed by atoms with Gasteiger partial charge < -0.3 is 10.1 Å². The third-order valence-electron chi connectivity index (χ3n) is 5.38. The minimum absolute atomic E-state index is 0.138. The zero-order valence-corrected chi connectivity index (χ0v) is 15.3. The normalized spacial score (nSPS) is 20.3. The number of H-pyrrole nitrogens is 1. The van der Waals surface area contributed by atoms with Gasteiger partial charge in [0.25, 0.3) is 5.91 Å². The number of aromatic nitrogens is 2. The Labute approximate surface area is 165 Å². The fourth-order valence-corrected chi connectivity index (χ4v) is 4.09. The number of carbonyl (C=O) groups excluding carboxylic acids is 1. The molecular formula is C22H17F2N3O2. The number of ether oxygens (including phenoxy) is 1. The summed E-state index contributed by atoms with van der Waals surface area (Å²) in [7, 11) is 0. The highest BCUT2D eigenvalue weighted by Crippen LogP contribution is 2.44. The smallest absolute Gasteiger partial charge is 0.254 e. The second kappa shape index (κ2) is 6.93. The molecule has 1 amide bonds. The zero-order valence-electron chi connectivity index (χ0n) is 15.3. The first-order valence-corrected chi connectivity index (χ1v) is 9.37. The van der Waals surface area contributed by atoms with E-state index in [0.717, 1.165) is 24.1 Å². The number of hydrogen-bond acceptors (Lipinski definition) is 3. The molecule has 1 aromatic heterocycles. The summed E-state index contributed by atoms with van der Waals surface area (Å²) in [5, 5.41) is 9.60. The van der Waals surface area contributed by atoms with Crippen molar-refractivity contribution in [2.45, 2.75) is 25.0 Å². The van der Waals surface area contributed by atoms with E-state index >= 15 is 0 Å². The summed E-state index contributed by atoms with van der Waals surface area (Å²) in [6.45, 7) is 0. The minimum atomic E-state index is -0.611. The van der Waals surface area contributed by atoms with E-state index in [9.17, 15) is 13.6 Å². The zero-order chi connectivity index (χ0) is 20.0. The second-order valence-corrected chi connectivity index (χ2v) is 7.12. The maximum atomic E-state index is 14.6. The number of anilines is 1. The fourth-order valence-electron chi connectivity index (χ4n) is 4.09. The number of fused-ring (bicyclic) bond motifs is 2. The van der Waals surface area contributed by atoms with Crippen molar-refractivity contribution in [1.29, 1.82) is 0 Å². The van der Waals surface area contributed by atoms with Gasteiger partial charge in [0.15, 0.2) is 0 Å². The third kappa shape index (κ3) is 3.03. The maximum absolute atomic E-state index is 14.6. The van der Waals surface area contributed by atoms with Gasteiger partial charge >= 0.3 is 0 Å².